The van der Waals surface area contributed by atoms with Gasteiger partial charge in [-0.05, 0) is 48.0 Å². The first-order valence-corrected chi connectivity index (χ1v) is 12.5. The molecule has 2 nitrogen and oxygen atoms in total. The zero-order chi connectivity index (χ0) is 23.0. The predicted molar refractivity (Wildman–Crippen MR) is 138 cm³/mol. The minimum absolute atomic E-state index is 0.807. The van der Waals surface area contributed by atoms with Crippen molar-refractivity contribution in [2.24, 2.45) is 0 Å². The van der Waals surface area contributed by atoms with Gasteiger partial charge in [-0.3, -0.25) is 0 Å². The zero-order valence-corrected chi connectivity index (χ0v) is 20.0. The SMILES string of the molecule is CCCCCC/C(=C\c1ccccc1)C(O)C(O)/C(=C/c1ccccc1)CCCCCC. The monoisotopic (exact) mass is 434 g/mol. The molecule has 0 aliphatic rings. The van der Waals surface area contributed by atoms with Crippen molar-refractivity contribution < 1.29 is 10.2 Å². The van der Waals surface area contributed by atoms with Crippen LogP contribution < -0.4 is 0 Å². The van der Waals surface area contributed by atoms with Crippen LogP contribution in [0.1, 0.15) is 89.2 Å². The van der Waals surface area contributed by atoms with Gasteiger partial charge in [0.2, 0.25) is 0 Å². The molecule has 0 aromatic heterocycles. The molecule has 0 saturated heterocycles. The highest BCUT2D eigenvalue weighted by Gasteiger charge is 2.24. The molecule has 0 fully saturated rings. The van der Waals surface area contributed by atoms with E-state index in [1.807, 2.05) is 36.4 Å². The molecule has 2 aromatic rings. The molecule has 2 aromatic carbocycles. The molecular formula is C30H42O2. The Hall–Kier alpha value is -2.16. The van der Waals surface area contributed by atoms with Crippen LogP contribution in [0.25, 0.3) is 12.2 Å². The lowest BCUT2D eigenvalue weighted by molar-refractivity contribution is 0.0624. The molecule has 174 valence electrons. The summed E-state index contributed by atoms with van der Waals surface area (Å²) in [5, 5.41) is 22.6. The third-order valence-corrected chi connectivity index (χ3v) is 6.00. The van der Waals surface area contributed by atoms with Crippen molar-refractivity contribution in [3.8, 4) is 0 Å². The molecule has 2 unspecified atom stereocenters. The smallest absolute Gasteiger partial charge is 0.105 e. The van der Waals surface area contributed by atoms with Crippen molar-refractivity contribution in [2.75, 3.05) is 0 Å². The first-order valence-electron chi connectivity index (χ1n) is 12.5. The molecule has 0 aliphatic heterocycles. The van der Waals surface area contributed by atoms with Gasteiger partial charge in [-0.25, -0.2) is 0 Å². The maximum Gasteiger partial charge on any atom is 0.105 e. The zero-order valence-electron chi connectivity index (χ0n) is 20.0. The number of aliphatic hydroxyl groups excluding tert-OH is 2. The summed E-state index contributed by atoms with van der Waals surface area (Å²) in [6.07, 6.45) is 13.1. The van der Waals surface area contributed by atoms with E-state index in [2.05, 4.69) is 50.3 Å². The van der Waals surface area contributed by atoms with Gasteiger partial charge in [0, 0.05) is 0 Å². The fraction of sp³-hybridized carbons (Fsp3) is 0.467. The number of aliphatic hydroxyl groups is 2. The van der Waals surface area contributed by atoms with Crippen LogP contribution in [-0.4, -0.2) is 22.4 Å². The lowest BCUT2D eigenvalue weighted by atomic mass is 9.89. The molecule has 2 N–H and O–H groups in total. The van der Waals surface area contributed by atoms with Gasteiger partial charge in [0.25, 0.3) is 0 Å². The van der Waals surface area contributed by atoms with Crippen molar-refractivity contribution >= 4 is 12.2 Å². The number of benzene rings is 2. The van der Waals surface area contributed by atoms with Gasteiger partial charge >= 0.3 is 0 Å². The van der Waals surface area contributed by atoms with Crippen LogP contribution in [0.15, 0.2) is 71.8 Å². The third-order valence-electron chi connectivity index (χ3n) is 6.00. The molecule has 32 heavy (non-hydrogen) atoms. The van der Waals surface area contributed by atoms with Crippen molar-refractivity contribution in [3.05, 3.63) is 82.9 Å². The molecule has 0 amide bonds. The van der Waals surface area contributed by atoms with E-state index in [0.717, 1.165) is 60.8 Å². The molecule has 0 saturated carbocycles. The Morgan fingerprint density at radius 3 is 1.31 bits per heavy atom. The van der Waals surface area contributed by atoms with Crippen LogP contribution in [0.4, 0.5) is 0 Å². The maximum absolute atomic E-state index is 11.3. The Bertz CT molecular complexity index is 723. The van der Waals surface area contributed by atoms with Gasteiger partial charge < -0.3 is 10.2 Å². The van der Waals surface area contributed by atoms with Gasteiger partial charge in [-0.2, -0.15) is 0 Å². The molecule has 2 atom stereocenters. The normalized spacial score (nSPS) is 14.4. The van der Waals surface area contributed by atoms with Crippen molar-refractivity contribution in [1.82, 2.24) is 0 Å². The summed E-state index contributed by atoms with van der Waals surface area (Å²) in [6.45, 7) is 4.41. The number of hydrogen-bond donors (Lipinski definition) is 2. The average Bonchev–Trinajstić information content (AvgIpc) is 2.83. The minimum atomic E-state index is -0.891. The summed E-state index contributed by atoms with van der Waals surface area (Å²) in [7, 11) is 0. The van der Waals surface area contributed by atoms with E-state index >= 15 is 0 Å². The second-order valence-electron chi connectivity index (χ2n) is 8.77. The first-order chi connectivity index (χ1) is 15.7. The first kappa shape index (κ1) is 26.1. The van der Waals surface area contributed by atoms with E-state index in [4.69, 9.17) is 0 Å². The predicted octanol–water partition coefficient (Wildman–Crippen LogP) is 7.82. The van der Waals surface area contributed by atoms with E-state index in [1.165, 1.54) is 25.7 Å². The molecule has 2 rings (SSSR count). The quantitative estimate of drug-likeness (QED) is 0.281. The molecule has 0 heterocycles. The van der Waals surface area contributed by atoms with Gasteiger partial charge in [-0.1, -0.05) is 125 Å². The van der Waals surface area contributed by atoms with Crippen LogP contribution in [0, 0.1) is 0 Å². The van der Waals surface area contributed by atoms with Crippen LogP contribution in [0.3, 0.4) is 0 Å². The Balaban J connectivity index is 2.24. The highest BCUT2D eigenvalue weighted by Crippen LogP contribution is 2.26. The van der Waals surface area contributed by atoms with Gasteiger partial charge in [-0.15, -0.1) is 0 Å². The number of hydrogen-bond acceptors (Lipinski definition) is 2. The Labute approximate surface area is 195 Å². The van der Waals surface area contributed by atoms with Gasteiger partial charge in [0.1, 0.15) is 12.2 Å². The standard InChI is InChI=1S/C30H42O2/c1-3-5-7-15-21-27(23-25-17-11-9-12-18-25)29(31)30(32)28(22-16-8-6-4-2)24-26-19-13-10-14-20-26/h9-14,17-20,23-24,29-32H,3-8,15-16,21-22H2,1-2H3/b27-23+,28-24+. The largest absolute Gasteiger partial charge is 0.386 e. The summed E-state index contributed by atoms with van der Waals surface area (Å²) in [5.74, 6) is 0. The second-order valence-corrected chi connectivity index (χ2v) is 8.77. The highest BCUT2D eigenvalue weighted by atomic mass is 16.3. The lowest BCUT2D eigenvalue weighted by Gasteiger charge is -2.24. The number of rotatable bonds is 15. The van der Waals surface area contributed by atoms with E-state index in [-0.39, 0.29) is 0 Å². The summed E-state index contributed by atoms with van der Waals surface area (Å²) in [4.78, 5) is 0. The average molecular weight is 435 g/mol. The molecule has 0 aliphatic carbocycles. The van der Waals surface area contributed by atoms with E-state index in [0.29, 0.717) is 0 Å². The lowest BCUT2D eigenvalue weighted by Crippen LogP contribution is -2.30. The van der Waals surface area contributed by atoms with E-state index in [1.54, 1.807) is 0 Å². The van der Waals surface area contributed by atoms with Crippen molar-refractivity contribution in [2.45, 2.75) is 90.3 Å². The van der Waals surface area contributed by atoms with E-state index in [9.17, 15) is 10.2 Å². The van der Waals surface area contributed by atoms with Crippen LogP contribution >= 0.6 is 0 Å². The van der Waals surface area contributed by atoms with Crippen LogP contribution in [-0.2, 0) is 0 Å². The molecule has 0 radical (unpaired) electrons. The molecular weight excluding hydrogens is 392 g/mol. The Morgan fingerprint density at radius 2 is 0.969 bits per heavy atom. The topological polar surface area (TPSA) is 40.5 Å². The fourth-order valence-corrected chi connectivity index (χ4v) is 4.05. The third kappa shape index (κ3) is 9.54. The second kappa shape index (κ2) is 15.6. The number of unbranched alkanes of at least 4 members (excludes halogenated alkanes) is 6. The van der Waals surface area contributed by atoms with Crippen molar-refractivity contribution in [1.29, 1.82) is 0 Å². The molecule has 0 bridgehead atoms. The van der Waals surface area contributed by atoms with Gasteiger partial charge in [0.05, 0.1) is 0 Å². The van der Waals surface area contributed by atoms with Crippen molar-refractivity contribution in [3.63, 3.8) is 0 Å². The molecule has 2 heteroatoms. The summed E-state index contributed by atoms with van der Waals surface area (Å²) in [5.41, 5.74) is 3.99. The Kier molecular flexibility index (Phi) is 12.7. The van der Waals surface area contributed by atoms with E-state index < -0.39 is 12.2 Å². The summed E-state index contributed by atoms with van der Waals surface area (Å²) < 4.78 is 0. The Morgan fingerprint density at radius 1 is 0.594 bits per heavy atom. The fourth-order valence-electron chi connectivity index (χ4n) is 4.05. The van der Waals surface area contributed by atoms with Crippen LogP contribution in [0.5, 0.6) is 0 Å². The maximum atomic E-state index is 11.3. The molecule has 0 spiro atoms. The summed E-state index contributed by atoms with van der Waals surface area (Å²) >= 11 is 0. The highest BCUT2D eigenvalue weighted by molar-refractivity contribution is 5.57. The summed E-state index contributed by atoms with van der Waals surface area (Å²) in [6, 6.07) is 20.3. The van der Waals surface area contributed by atoms with Gasteiger partial charge in [0.15, 0.2) is 0 Å². The minimum Gasteiger partial charge on any atom is -0.386 e. The van der Waals surface area contributed by atoms with Crippen LogP contribution in [0.2, 0.25) is 0 Å².